The van der Waals surface area contributed by atoms with Crippen molar-refractivity contribution in [2.45, 2.75) is 19.4 Å². The Bertz CT molecular complexity index is 658. The van der Waals surface area contributed by atoms with Crippen molar-refractivity contribution in [1.82, 2.24) is 0 Å². The first kappa shape index (κ1) is 16.0. The zero-order chi connectivity index (χ0) is 15.9. The average molecular weight is 318 g/mol. The predicted octanol–water partition coefficient (Wildman–Crippen LogP) is 3.45. The van der Waals surface area contributed by atoms with Crippen LogP contribution >= 0.6 is 11.6 Å². The van der Waals surface area contributed by atoms with E-state index in [0.717, 1.165) is 0 Å². The summed E-state index contributed by atoms with van der Waals surface area (Å²) in [6, 6.07) is 16.0. The van der Waals surface area contributed by atoms with E-state index in [2.05, 4.69) is 5.32 Å². The van der Waals surface area contributed by atoms with Gasteiger partial charge in [0.05, 0.1) is 6.42 Å². The molecule has 0 aliphatic heterocycles. The molecule has 22 heavy (non-hydrogen) atoms. The standard InChI is InChI=1S/C17H16ClNO3/c1-12(17(21)19-14-8-3-2-4-9-14)22-16(20)11-13-7-5-6-10-15(13)18/h2-10,12H,11H2,1H3,(H,19,21)/t12-/m0/s1. The highest BCUT2D eigenvalue weighted by atomic mass is 35.5. The number of hydrogen-bond acceptors (Lipinski definition) is 3. The van der Waals surface area contributed by atoms with E-state index in [1.807, 2.05) is 18.2 Å². The summed E-state index contributed by atoms with van der Waals surface area (Å²) in [5.41, 5.74) is 1.33. The number of amides is 1. The van der Waals surface area contributed by atoms with Crippen LogP contribution in [-0.4, -0.2) is 18.0 Å². The molecule has 5 heteroatoms. The molecule has 0 aliphatic rings. The van der Waals surface area contributed by atoms with E-state index in [0.29, 0.717) is 16.3 Å². The molecule has 0 spiro atoms. The summed E-state index contributed by atoms with van der Waals surface area (Å²) in [5, 5.41) is 3.18. The summed E-state index contributed by atoms with van der Waals surface area (Å²) in [5.74, 6) is -0.873. The van der Waals surface area contributed by atoms with Crippen LogP contribution in [0, 0.1) is 0 Å². The number of hydrogen-bond donors (Lipinski definition) is 1. The van der Waals surface area contributed by atoms with Crippen LogP contribution in [0.2, 0.25) is 5.02 Å². The Hall–Kier alpha value is -2.33. The van der Waals surface area contributed by atoms with Crippen LogP contribution in [-0.2, 0) is 20.7 Å². The predicted molar refractivity (Wildman–Crippen MR) is 85.8 cm³/mol. The van der Waals surface area contributed by atoms with Gasteiger partial charge in [-0.25, -0.2) is 0 Å². The number of carbonyl (C=O) groups excluding carboxylic acids is 2. The van der Waals surface area contributed by atoms with Crippen molar-refractivity contribution in [3.63, 3.8) is 0 Å². The molecular weight excluding hydrogens is 302 g/mol. The van der Waals surface area contributed by atoms with Gasteiger partial charge in [0.15, 0.2) is 6.10 Å². The molecular formula is C17H16ClNO3. The average Bonchev–Trinajstić information content (AvgIpc) is 2.50. The SMILES string of the molecule is C[C@H](OC(=O)Cc1ccccc1Cl)C(=O)Nc1ccccc1. The third-order valence-electron chi connectivity index (χ3n) is 3.01. The Morgan fingerprint density at radius 1 is 1.09 bits per heavy atom. The van der Waals surface area contributed by atoms with Crippen molar-refractivity contribution in [3.05, 3.63) is 65.2 Å². The fourth-order valence-corrected chi connectivity index (χ4v) is 2.06. The van der Waals surface area contributed by atoms with Crippen LogP contribution in [0.5, 0.6) is 0 Å². The zero-order valence-corrected chi connectivity index (χ0v) is 12.8. The maximum absolute atomic E-state index is 12.0. The smallest absolute Gasteiger partial charge is 0.311 e. The van der Waals surface area contributed by atoms with Crippen molar-refractivity contribution in [2.24, 2.45) is 0 Å². The molecule has 1 amide bonds. The molecule has 114 valence electrons. The van der Waals surface area contributed by atoms with Gasteiger partial charge in [-0.05, 0) is 30.7 Å². The number of anilines is 1. The van der Waals surface area contributed by atoms with Crippen LogP contribution in [0.4, 0.5) is 5.69 Å². The summed E-state index contributed by atoms with van der Waals surface area (Å²) in [7, 11) is 0. The van der Waals surface area contributed by atoms with Crippen LogP contribution in [0.15, 0.2) is 54.6 Å². The lowest BCUT2D eigenvalue weighted by Crippen LogP contribution is -2.30. The van der Waals surface area contributed by atoms with Crippen molar-refractivity contribution < 1.29 is 14.3 Å². The van der Waals surface area contributed by atoms with Crippen molar-refractivity contribution in [1.29, 1.82) is 0 Å². The maximum Gasteiger partial charge on any atom is 0.311 e. The Morgan fingerprint density at radius 3 is 2.41 bits per heavy atom. The van der Waals surface area contributed by atoms with Crippen LogP contribution < -0.4 is 5.32 Å². The third kappa shape index (κ3) is 4.60. The van der Waals surface area contributed by atoms with Gasteiger partial charge >= 0.3 is 5.97 Å². The summed E-state index contributed by atoms with van der Waals surface area (Å²) in [6.45, 7) is 1.53. The molecule has 0 heterocycles. The molecule has 4 nitrogen and oxygen atoms in total. The van der Waals surface area contributed by atoms with Gasteiger partial charge in [0.1, 0.15) is 0 Å². The first-order chi connectivity index (χ1) is 10.6. The van der Waals surface area contributed by atoms with Gasteiger partial charge in [0.2, 0.25) is 0 Å². The zero-order valence-electron chi connectivity index (χ0n) is 12.1. The highest BCUT2D eigenvalue weighted by Crippen LogP contribution is 2.16. The van der Waals surface area contributed by atoms with Crippen molar-refractivity contribution in [3.8, 4) is 0 Å². The van der Waals surface area contributed by atoms with E-state index >= 15 is 0 Å². The van der Waals surface area contributed by atoms with Gasteiger partial charge in [-0.3, -0.25) is 9.59 Å². The fraction of sp³-hybridized carbons (Fsp3) is 0.176. The lowest BCUT2D eigenvalue weighted by molar-refractivity contribution is -0.152. The molecule has 2 aromatic rings. The second kappa shape index (κ2) is 7.61. The molecule has 1 atom stereocenters. The lowest BCUT2D eigenvalue weighted by Gasteiger charge is -2.13. The minimum atomic E-state index is -0.879. The summed E-state index contributed by atoms with van der Waals surface area (Å²) >= 11 is 5.99. The molecule has 0 saturated heterocycles. The topological polar surface area (TPSA) is 55.4 Å². The van der Waals surface area contributed by atoms with E-state index in [1.54, 1.807) is 36.4 Å². The molecule has 1 N–H and O–H groups in total. The van der Waals surface area contributed by atoms with Crippen LogP contribution in [0.25, 0.3) is 0 Å². The fourth-order valence-electron chi connectivity index (χ4n) is 1.85. The summed E-state index contributed by atoms with van der Waals surface area (Å²) < 4.78 is 5.13. The molecule has 0 aromatic heterocycles. The first-order valence-corrected chi connectivity index (χ1v) is 7.23. The maximum atomic E-state index is 12.0. The molecule has 0 aliphatic carbocycles. The highest BCUT2D eigenvalue weighted by molar-refractivity contribution is 6.31. The number of esters is 1. The lowest BCUT2D eigenvalue weighted by atomic mass is 10.1. The van der Waals surface area contributed by atoms with Crippen LogP contribution in [0.1, 0.15) is 12.5 Å². The molecule has 0 unspecified atom stereocenters. The molecule has 0 fully saturated rings. The minimum absolute atomic E-state index is 0.0304. The van der Waals surface area contributed by atoms with Crippen molar-refractivity contribution >= 4 is 29.2 Å². The van der Waals surface area contributed by atoms with E-state index in [-0.39, 0.29) is 12.3 Å². The van der Waals surface area contributed by atoms with E-state index in [4.69, 9.17) is 16.3 Å². The number of carbonyl (C=O) groups is 2. The number of para-hydroxylation sites is 1. The Morgan fingerprint density at radius 2 is 1.73 bits per heavy atom. The number of ether oxygens (including phenoxy) is 1. The molecule has 0 saturated carbocycles. The minimum Gasteiger partial charge on any atom is -0.452 e. The van der Waals surface area contributed by atoms with Gasteiger partial charge in [0.25, 0.3) is 5.91 Å². The van der Waals surface area contributed by atoms with Gasteiger partial charge in [-0.2, -0.15) is 0 Å². The number of halogens is 1. The molecule has 0 bridgehead atoms. The number of benzene rings is 2. The summed E-state index contributed by atoms with van der Waals surface area (Å²) in [6.07, 6.45) is -0.849. The quantitative estimate of drug-likeness (QED) is 0.859. The highest BCUT2D eigenvalue weighted by Gasteiger charge is 2.18. The second-order valence-corrected chi connectivity index (χ2v) is 5.16. The number of nitrogens with one attached hydrogen (secondary N) is 1. The molecule has 0 radical (unpaired) electrons. The first-order valence-electron chi connectivity index (χ1n) is 6.85. The second-order valence-electron chi connectivity index (χ2n) is 4.76. The normalized spacial score (nSPS) is 11.5. The number of rotatable bonds is 5. The third-order valence-corrected chi connectivity index (χ3v) is 3.38. The van der Waals surface area contributed by atoms with Gasteiger partial charge < -0.3 is 10.1 Å². The molecule has 2 aromatic carbocycles. The van der Waals surface area contributed by atoms with E-state index < -0.39 is 12.1 Å². The van der Waals surface area contributed by atoms with Gasteiger partial charge in [-0.15, -0.1) is 0 Å². The Labute approximate surface area is 134 Å². The van der Waals surface area contributed by atoms with E-state index in [9.17, 15) is 9.59 Å². The van der Waals surface area contributed by atoms with Crippen LogP contribution in [0.3, 0.4) is 0 Å². The monoisotopic (exact) mass is 317 g/mol. The molecule has 2 rings (SSSR count). The van der Waals surface area contributed by atoms with Crippen molar-refractivity contribution in [2.75, 3.05) is 5.32 Å². The van der Waals surface area contributed by atoms with Gasteiger partial charge in [-0.1, -0.05) is 48.0 Å². The Kier molecular flexibility index (Phi) is 5.55. The summed E-state index contributed by atoms with van der Waals surface area (Å²) in [4.78, 5) is 23.8. The Balaban J connectivity index is 1.88. The van der Waals surface area contributed by atoms with E-state index in [1.165, 1.54) is 6.92 Å². The largest absolute Gasteiger partial charge is 0.452 e. The van der Waals surface area contributed by atoms with Gasteiger partial charge in [0, 0.05) is 10.7 Å².